The number of pyridine rings is 1. The van der Waals surface area contributed by atoms with E-state index in [1.807, 2.05) is 19.2 Å². The third-order valence-corrected chi connectivity index (χ3v) is 9.86. The van der Waals surface area contributed by atoms with E-state index >= 15 is 0 Å². The number of nitrogens with one attached hydrogen (secondary N) is 1. The lowest BCUT2D eigenvalue weighted by atomic mass is 9.95. The van der Waals surface area contributed by atoms with E-state index in [4.69, 9.17) is 32.0 Å². The molecule has 41 heavy (non-hydrogen) atoms. The molecular weight excluding hydrogens is 546 g/mol. The number of nitrogen functional groups attached to an aromatic ring is 1. The number of benzene rings is 1. The van der Waals surface area contributed by atoms with Crippen LogP contribution in [0.1, 0.15) is 25.7 Å². The highest BCUT2D eigenvalue weighted by Crippen LogP contribution is 2.46. The van der Waals surface area contributed by atoms with Crippen molar-refractivity contribution in [2.24, 2.45) is 0 Å². The Kier molecular flexibility index (Phi) is 6.41. The molecule has 3 aromatic heterocycles. The van der Waals surface area contributed by atoms with Gasteiger partial charge in [0.05, 0.1) is 32.9 Å². The van der Waals surface area contributed by atoms with Gasteiger partial charge in [-0.2, -0.15) is 9.97 Å². The lowest BCUT2D eigenvalue weighted by molar-refractivity contribution is 0.107. The van der Waals surface area contributed by atoms with Crippen molar-refractivity contribution in [3.8, 4) is 17.3 Å². The minimum absolute atomic E-state index is 0.198. The van der Waals surface area contributed by atoms with Crippen molar-refractivity contribution in [3.63, 3.8) is 0 Å². The van der Waals surface area contributed by atoms with Crippen LogP contribution in [0.15, 0.2) is 24.3 Å². The second kappa shape index (κ2) is 10.0. The fourth-order valence-corrected chi connectivity index (χ4v) is 7.69. The molecule has 6 heterocycles. The molecule has 212 valence electrons. The Morgan fingerprint density at radius 3 is 2.98 bits per heavy atom. The minimum Gasteiger partial charge on any atom is -0.461 e. The van der Waals surface area contributed by atoms with Gasteiger partial charge in [-0.25, -0.2) is 18.6 Å². The molecule has 0 aliphatic carbocycles. The van der Waals surface area contributed by atoms with Gasteiger partial charge in [-0.1, -0.05) is 6.07 Å². The summed E-state index contributed by atoms with van der Waals surface area (Å²) < 4.78 is 35.6. The Morgan fingerprint density at radius 1 is 1.29 bits per heavy atom. The SMILES string of the molecule is [C-]#[N+]c1c(N)sc2c(F)ccc(-c3ccc4c(N(C)[C@@H]5CCNC5)nc(OC[C@@]56CCCN5C[C@H](F)C6)nc4n3)c12. The summed E-state index contributed by atoms with van der Waals surface area (Å²) in [5, 5.41) is 4.89. The molecule has 12 heteroatoms. The molecule has 3 atom stereocenters. The molecule has 7 rings (SSSR count). The monoisotopic (exact) mass is 576 g/mol. The van der Waals surface area contributed by atoms with Crippen LogP contribution < -0.4 is 20.7 Å². The summed E-state index contributed by atoms with van der Waals surface area (Å²) in [7, 11) is 2.01. The van der Waals surface area contributed by atoms with Crippen LogP contribution in [-0.2, 0) is 0 Å². The summed E-state index contributed by atoms with van der Waals surface area (Å²) in [4.78, 5) is 22.4. The Hall–Kier alpha value is -3.66. The number of hydrogen-bond donors (Lipinski definition) is 2. The standard InChI is InChI=1S/C29H30F2N8OS/c1-33-23-22-18(4-6-20(31)24(22)41-25(23)32)21-7-5-19-26(35-21)36-28(37-27(19)38(2)17-8-10-34-13-17)40-15-29-9-3-11-39(29)14-16(30)12-29/h4-7,16-17,34H,3,8-15,32H2,2H3/t16-,17-,29+/m1/s1. The van der Waals surface area contributed by atoms with E-state index in [2.05, 4.69) is 20.0 Å². The van der Waals surface area contributed by atoms with Gasteiger partial charge in [-0.15, -0.1) is 11.3 Å². The second-order valence-electron chi connectivity index (χ2n) is 11.2. The van der Waals surface area contributed by atoms with E-state index < -0.39 is 12.0 Å². The number of ether oxygens (including phenoxy) is 1. The number of thiophene rings is 1. The van der Waals surface area contributed by atoms with Gasteiger partial charge in [0.15, 0.2) is 5.65 Å². The molecule has 0 bridgehead atoms. The molecule has 0 unspecified atom stereocenters. The highest BCUT2D eigenvalue weighted by Gasteiger charge is 2.49. The molecule has 3 fully saturated rings. The van der Waals surface area contributed by atoms with E-state index in [-0.39, 0.29) is 28.3 Å². The zero-order valence-corrected chi connectivity index (χ0v) is 23.5. The topological polar surface area (TPSA) is 96.8 Å². The highest BCUT2D eigenvalue weighted by molar-refractivity contribution is 7.23. The quantitative estimate of drug-likeness (QED) is 0.312. The van der Waals surface area contributed by atoms with Crippen molar-refractivity contribution < 1.29 is 13.5 Å². The molecule has 3 saturated heterocycles. The van der Waals surface area contributed by atoms with Gasteiger partial charge in [0.2, 0.25) is 5.69 Å². The number of nitrogens with zero attached hydrogens (tertiary/aromatic N) is 6. The molecule has 0 amide bonds. The predicted octanol–water partition coefficient (Wildman–Crippen LogP) is 4.93. The maximum atomic E-state index is 14.7. The van der Waals surface area contributed by atoms with Crippen molar-refractivity contribution in [3.05, 3.63) is 41.5 Å². The van der Waals surface area contributed by atoms with E-state index in [0.29, 0.717) is 52.4 Å². The number of likely N-dealkylation sites (N-methyl/N-ethyl adjacent to an activating group) is 1. The maximum absolute atomic E-state index is 14.7. The van der Waals surface area contributed by atoms with Crippen molar-refractivity contribution >= 4 is 49.0 Å². The normalized spacial score (nSPS) is 24.2. The van der Waals surface area contributed by atoms with Gasteiger partial charge >= 0.3 is 6.01 Å². The highest BCUT2D eigenvalue weighted by atomic mass is 32.1. The van der Waals surface area contributed by atoms with Gasteiger partial charge in [-0.3, -0.25) is 4.90 Å². The van der Waals surface area contributed by atoms with E-state index in [1.165, 1.54) is 6.07 Å². The molecule has 0 radical (unpaired) electrons. The summed E-state index contributed by atoms with van der Waals surface area (Å²) in [6.45, 7) is 11.0. The van der Waals surface area contributed by atoms with E-state index in [1.54, 1.807) is 6.07 Å². The summed E-state index contributed by atoms with van der Waals surface area (Å²) in [6, 6.07) is 7.22. The zero-order chi connectivity index (χ0) is 28.3. The van der Waals surface area contributed by atoms with Crippen LogP contribution in [0.2, 0.25) is 0 Å². The van der Waals surface area contributed by atoms with Gasteiger partial charge in [-0.05, 0) is 56.1 Å². The molecule has 3 aliphatic rings. The largest absolute Gasteiger partial charge is 0.461 e. The molecule has 9 nitrogen and oxygen atoms in total. The molecular formula is C29H30F2N8OS. The summed E-state index contributed by atoms with van der Waals surface area (Å²) in [5.74, 6) is 0.283. The number of aromatic nitrogens is 3. The smallest absolute Gasteiger partial charge is 0.320 e. The van der Waals surface area contributed by atoms with Gasteiger partial charge in [0.1, 0.15) is 24.4 Å². The number of halogens is 2. The summed E-state index contributed by atoms with van der Waals surface area (Å²) >= 11 is 1.06. The first kappa shape index (κ1) is 26.3. The van der Waals surface area contributed by atoms with Crippen molar-refractivity contribution in [2.75, 3.05) is 50.5 Å². The third kappa shape index (κ3) is 4.34. The van der Waals surface area contributed by atoms with Gasteiger partial charge < -0.3 is 20.7 Å². The Bertz CT molecular complexity index is 1700. The van der Waals surface area contributed by atoms with Crippen LogP contribution in [0.25, 0.3) is 37.2 Å². The van der Waals surface area contributed by atoms with Crippen LogP contribution in [0.3, 0.4) is 0 Å². The fraction of sp³-hybridized carbons (Fsp3) is 0.448. The Balaban J connectivity index is 1.33. The fourth-order valence-electron chi connectivity index (χ4n) is 6.75. The van der Waals surface area contributed by atoms with Crippen molar-refractivity contribution in [2.45, 2.75) is 43.4 Å². The molecule has 1 aromatic carbocycles. The number of fused-ring (bicyclic) bond motifs is 3. The zero-order valence-electron chi connectivity index (χ0n) is 22.7. The third-order valence-electron chi connectivity index (χ3n) is 8.85. The first-order valence-corrected chi connectivity index (χ1v) is 14.7. The first-order valence-electron chi connectivity index (χ1n) is 13.9. The average molecular weight is 577 g/mol. The van der Waals surface area contributed by atoms with Crippen LogP contribution in [-0.4, -0.2) is 77.4 Å². The number of anilines is 2. The maximum Gasteiger partial charge on any atom is 0.320 e. The van der Waals surface area contributed by atoms with Gasteiger partial charge in [0.25, 0.3) is 0 Å². The molecule has 3 N–H and O–H groups in total. The van der Waals surface area contributed by atoms with Gasteiger partial charge in [0, 0.05) is 38.0 Å². The van der Waals surface area contributed by atoms with Crippen LogP contribution in [0, 0.1) is 12.4 Å². The lowest BCUT2D eigenvalue weighted by Crippen LogP contribution is -2.43. The Morgan fingerprint density at radius 2 is 2.17 bits per heavy atom. The van der Waals surface area contributed by atoms with E-state index in [0.717, 1.165) is 55.6 Å². The van der Waals surface area contributed by atoms with Crippen molar-refractivity contribution in [1.29, 1.82) is 0 Å². The lowest BCUT2D eigenvalue weighted by Gasteiger charge is -2.31. The molecule has 4 aromatic rings. The summed E-state index contributed by atoms with van der Waals surface area (Å²) in [5.41, 5.74) is 7.56. The van der Waals surface area contributed by atoms with Crippen molar-refractivity contribution in [1.82, 2.24) is 25.2 Å². The molecule has 3 aliphatic heterocycles. The van der Waals surface area contributed by atoms with Crippen LogP contribution >= 0.6 is 11.3 Å². The minimum atomic E-state index is -0.851. The second-order valence-corrected chi connectivity index (χ2v) is 12.3. The summed E-state index contributed by atoms with van der Waals surface area (Å²) in [6.07, 6.45) is 2.49. The van der Waals surface area contributed by atoms with Crippen LogP contribution in [0.5, 0.6) is 6.01 Å². The number of nitrogens with two attached hydrogens (primary N) is 1. The molecule has 0 saturated carbocycles. The Labute approximate surface area is 240 Å². The van der Waals surface area contributed by atoms with E-state index in [9.17, 15) is 8.78 Å². The number of hydrogen-bond acceptors (Lipinski definition) is 9. The molecule has 0 spiro atoms. The first-order chi connectivity index (χ1) is 19.9. The average Bonchev–Trinajstić information content (AvgIpc) is 3.75. The number of rotatable bonds is 6. The number of alkyl halides is 1. The van der Waals surface area contributed by atoms with Crippen LogP contribution in [0.4, 0.5) is 25.3 Å². The predicted molar refractivity (Wildman–Crippen MR) is 157 cm³/mol.